The minimum atomic E-state index is -0.0410. The maximum atomic E-state index is 13.5. The largest absolute Gasteiger partial charge is 0.341 e. The van der Waals surface area contributed by atoms with E-state index in [0.717, 1.165) is 51.3 Å². The molecule has 3 unspecified atom stereocenters. The van der Waals surface area contributed by atoms with Crippen LogP contribution in [0.3, 0.4) is 0 Å². The summed E-state index contributed by atoms with van der Waals surface area (Å²) in [4.78, 5) is 22.4. The highest BCUT2D eigenvalue weighted by atomic mass is 16.2. The van der Waals surface area contributed by atoms with Gasteiger partial charge in [-0.2, -0.15) is 0 Å². The predicted octanol–water partition coefficient (Wildman–Crippen LogP) is 3.21. The molecule has 0 radical (unpaired) electrons. The van der Waals surface area contributed by atoms with Gasteiger partial charge in [-0.25, -0.2) is 0 Å². The van der Waals surface area contributed by atoms with E-state index < -0.39 is 0 Å². The Kier molecular flexibility index (Phi) is 7.47. The van der Waals surface area contributed by atoms with E-state index in [1.165, 1.54) is 11.1 Å². The van der Waals surface area contributed by atoms with Gasteiger partial charge in [-0.05, 0) is 36.0 Å². The number of rotatable bonds is 6. The Balaban J connectivity index is 1.55. The number of amides is 1. The minimum Gasteiger partial charge on any atom is -0.341 e. The van der Waals surface area contributed by atoms with E-state index in [4.69, 9.17) is 0 Å². The lowest BCUT2D eigenvalue weighted by atomic mass is 9.80. The summed E-state index contributed by atoms with van der Waals surface area (Å²) in [5.74, 6) is 0.772. The molecule has 2 saturated heterocycles. The number of hydrogen-bond donors (Lipinski definition) is 2. The Labute approximate surface area is 198 Å². The second-order valence-electron chi connectivity index (χ2n) is 10.6. The van der Waals surface area contributed by atoms with Gasteiger partial charge in [0.1, 0.15) is 0 Å². The molecule has 3 heterocycles. The molecule has 0 saturated carbocycles. The zero-order valence-corrected chi connectivity index (χ0v) is 20.6. The van der Waals surface area contributed by atoms with Crippen LogP contribution in [-0.2, 0) is 11.2 Å². The summed E-state index contributed by atoms with van der Waals surface area (Å²) in [7, 11) is 0. The third kappa shape index (κ3) is 5.62. The van der Waals surface area contributed by atoms with Crippen molar-refractivity contribution in [2.45, 2.75) is 40.2 Å². The van der Waals surface area contributed by atoms with Crippen molar-refractivity contribution in [3.8, 4) is 11.1 Å². The zero-order valence-electron chi connectivity index (χ0n) is 20.6. The lowest BCUT2D eigenvalue weighted by Crippen LogP contribution is -2.46. The van der Waals surface area contributed by atoms with Gasteiger partial charge in [0.2, 0.25) is 5.91 Å². The number of carbonyl (C=O) groups excluding carboxylic acids is 1. The van der Waals surface area contributed by atoms with Crippen LogP contribution in [0.25, 0.3) is 11.1 Å². The summed E-state index contributed by atoms with van der Waals surface area (Å²) in [6.07, 6.45) is 4.46. The fourth-order valence-electron chi connectivity index (χ4n) is 5.47. The number of carbonyl (C=O) groups is 1. The Morgan fingerprint density at radius 2 is 1.94 bits per heavy atom. The third-order valence-electron chi connectivity index (χ3n) is 7.18. The molecule has 2 aromatic rings. The summed E-state index contributed by atoms with van der Waals surface area (Å²) in [5, 5.41) is 0. The molecular formula is C27H39N5O. The monoisotopic (exact) mass is 449 g/mol. The van der Waals surface area contributed by atoms with E-state index in [1.807, 2.05) is 17.2 Å². The maximum Gasteiger partial charge on any atom is 0.227 e. The summed E-state index contributed by atoms with van der Waals surface area (Å²) >= 11 is 0. The standard InChI is InChI=1S/C27H39N5O/c1-5-32-14-13-31(19-23-17-29-30-25(23)27(2,3)4)18-22(26(32)33)15-20-9-6-7-11-24(20)21-10-8-12-28-16-21/h6-12,16,22-23,25,29-30H,5,13-15,17-19H2,1-4H3. The Morgan fingerprint density at radius 3 is 2.67 bits per heavy atom. The fourth-order valence-corrected chi connectivity index (χ4v) is 5.47. The topological polar surface area (TPSA) is 60.5 Å². The summed E-state index contributed by atoms with van der Waals surface area (Å²) < 4.78 is 0. The molecule has 0 aliphatic carbocycles. The van der Waals surface area contributed by atoms with Crippen molar-refractivity contribution in [1.29, 1.82) is 0 Å². The molecule has 2 aliphatic rings. The second kappa shape index (κ2) is 10.3. The van der Waals surface area contributed by atoms with Gasteiger partial charge in [0.25, 0.3) is 0 Å². The number of likely N-dealkylation sites (N-methyl/N-ethyl adjacent to an activating group) is 1. The quantitative estimate of drug-likeness (QED) is 0.709. The van der Waals surface area contributed by atoms with Crippen LogP contribution >= 0.6 is 0 Å². The van der Waals surface area contributed by atoms with Crippen LogP contribution in [0.4, 0.5) is 0 Å². The second-order valence-corrected chi connectivity index (χ2v) is 10.6. The fraction of sp³-hybridized carbons (Fsp3) is 0.556. The molecule has 33 heavy (non-hydrogen) atoms. The van der Waals surface area contributed by atoms with Crippen molar-refractivity contribution >= 4 is 5.91 Å². The van der Waals surface area contributed by atoms with Gasteiger partial charge < -0.3 is 9.80 Å². The number of benzene rings is 1. The molecule has 178 valence electrons. The highest BCUT2D eigenvalue weighted by molar-refractivity contribution is 5.80. The van der Waals surface area contributed by atoms with Crippen molar-refractivity contribution in [3.05, 3.63) is 54.4 Å². The summed E-state index contributed by atoms with van der Waals surface area (Å²) in [5.41, 5.74) is 10.6. The first kappa shape index (κ1) is 23.9. The molecule has 0 spiro atoms. The van der Waals surface area contributed by atoms with Crippen molar-refractivity contribution in [2.75, 3.05) is 39.3 Å². The van der Waals surface area contributed by atoms with Gasteiger partial charge in [0, 0.05) is 69.2 Å². The van der Waals surface area contributed by atoms with E-state index in [9.17, 15) is 4.79 Å². The van der Waals surface area contributed by atoms with Crippen molar-refractivity contribution in [1.82, 2.24) is 25.6 Å². The van der Waals surface area contributed by atoms with Crippen molar-refractivity contribution < 1.29 is 4.79 Å². The lowest BCUT2D eigenvalue weighted by molar-refractivity contribution is -0.134. The van der Waals surface area contributed by atoms with Crippen LogP contribution in [0.15, 0.2) is 48.8 Å². The number of aromatic nitrogens is 1. The Bertz CT molecular complexity index is 926. The maximum absolute atomic E-state index is 13.5. The highest BCUT2D eigenvalue weighted by Crippen LogP contribution is 2.30. The van der Waals surface area contributed by atoms with Gasteiger partial charge in [-0.1, -0.05) is 51.1 Å². The number of pyridine rings is 1. The van der Waals surface area contributed by atoms with E-state index in [2.05, 4.69) is 78.8 Å². The zero-order chi connectivity index (χ0) is 23.4. The molecule has 6 heteroatoms. The average molecular weight is 450 g/mol. The van der Waals surface area contributed by atoms with Crippen molar-refractivity contribution in [3.63, 3.8) is 0 Å². The average Bonchev–Trinajstić information content (AvgIpc) is 3.23. The number of hydrogen-bond acceptors (Lipinski definition) is 5. The SMILES string of the molecule is CCN1CCN(CC2CNNC2C(C)(C)C)CC(Cc2ccccc2-c2cccnc2)C1=O. The Morgan fingerprint density at radius 1 is 1.12 bits per heavy atom. The molecule has 1 aromatic carbocycles. The van der Waals surface area contributed by atoms with E-state index in [1.54, 1.807) is 6.20 Å². The molecular weight excluding hydrogens is 410 g/mol. The van der Waals surface area contributed by atoms with E-state index in [-0.39, 0.29) is 17.2 Å². The molecule has 2 aliphatic heterocycles. The van der Waals surface area contributed by atoms with Crippen LogP contribution in [-0.4, -0.2) is 66.0 Å². The van der Waals surface area contributed by atoms with Gasteiger partial charge in [-0.3, -0.25) is 20.6 Å². The molecule has 2 N–H and O–H groups in total. The molecule has 2 fully saturated rings. The predicted molar refractivity (Wildman–Crippen MR) is 133 cm³/mol. The van der Waals surface area contributed by atoms with Gasteiger partial charge in [0.15, 0.2) is 0 Å². The summed E-state index contributed by atoms with van der Waals surface area (Å²) in [6.45, 7) is 14.3. The Hall–Kier alpha value is -2.28. The van der Waals surface area contributed by atoms with Crippen LogP contribution in [0.2, 0.25) is 0 Å². The molecule has 0 bridgehead atoms. The third-order valence-corrected chi connectivity index (χ3v) is 7.18. The molecule has 1 amide bonds. The minimum absolute atomic E-state index is 0.0410. The van der Waals surface area contributed by atoms with Crippen LogP contribution in [0.5, 0.6) is 0 Å². The summed E-state index contributed by atoms with van der Waals surface area (Å²) in [6, 6.07) is 12.9. The lowest BCUT2D eigenvalue weighted by Gasteiger charge is -2.34. The van der Waals surface area contributed by atoms with Crippen LogP contribution in [0.1, 0.15) is 33.3 Å². The van der Waals surface area contributed by atoms with Gasteiger partial charge in [0.05, 0.1) is 5.92 Å². The first-order valence-electron chi connectivity index (χ1n) is 12.3. The number of nitrogens with zero attached hydrogens (tertiary/aromatic N) is 3. The number of hydrazine groups is 1. The van der Waals surface area contributed by atoms with Crippen LogP contribution < -0.4 is 10.9 Å². The first-order valence-corrected chi connectivity index (χ1v) is 12.3. The first-order chi connectivity index (χ1) is 15.9. The number of nitrogens with one attached hydrogen (secondary N) is 2. The van der Waals surface area contributed by atoms with Crippen molar-refractivity contribution in [2.24, 2.45) is 17.3 Å². The smallest absolute Gasteiger partial charge is 0.227 e. The van der Waals surface area contributed by atoms with Gasteiger partial charge >= 0.3 is 0 Å². The molecule has 1 aromatic heterocycles. The molecule has 6 nitrogen and oxygen atoms in total. The van der Waals surface area contributed by atoms with Crippen LogP contribution in [0, 0.1) is 17.3 Å². The normalized spacial score (nSPS) is 24.8. The van der Waals surface area contributed by atoms with E-state index >= 15 is 0 Å². The van der Waals surface area contributed by atoms with Gasteiger partial charge in [-0.15, -0.1) is 0 Å². The highest BCUT2D eigenvalue weighted by Gasteiger charge is 2.38. The molecule has 3 atom stereocenters. The molecule has 4 rings (SSSR count). The van der Waals surface area contributed by atoms with E-state index in [0.29, 0.717) is 12.0 Å².